The van der Waals surface area contributed by atoms with Crippen LogP contribution in [0.5, 0.6) is 0 Å². The van der Waals surface area contributed by atoms with Gasteiger partial charge in [0, 0.05) is 12.3 Å². The molecule has 3 aliphatic carbocycles. The molecule has 0 aromatic heterocycles. The van der Waals surface area contributed by atoms with Gasteiger partial charge in [0.05, 0.1) is 0 Å². The number of fused-ring (bicyclic) bond motifs is 2. The topological polar surface area (TPSA) is 17.1 Å². The van der Waals surface area contributed by atoms with Crippen LogP contribution in [0.25, 0.3) is 0 Å². The molecule has 1 heteroatoms. The molecule has 0 spiro atoms. The Morgan fingerprint density at radius 3 is 2.40 bits per heavy atom. The average molecular weight is 276 g/mol. The molecule has 0 aliphatic heterocycles. The molecule has 0 aromatic carbocycles. The number of rotatable bonds is 6. The molecule has 3 saturated carbocycles. The number of carbonyl (C=O) groups excluding carboxylic acids is 1. The van der Waals surface area contributed by atoms with Crippen molar-refractivity contribution >= 4 is 5.78 Å². The standard InChI is InChI=1S/C19H32O/c1-2-3-4-14-5-8-16(9-6-14)19(20)13-18-12-15-7-10-17(18)11-15/h14-18H,2-13H2,1H3. The molecule has 20 heavy (non-hydrogen) atoms. The molecular formula is C19H32O. The lowest BCUT2D eigenvalue weighted by atomic mass is 9.75. The van der Waals surface area contributed by atoms with Crippen molar-refractivity contribution in [2.24, 2.45) is 29.6 Å². The van der Waals surface area contributed by atoms with E-state index in [2.05, 4.69) is 6.92 Å². The summed E-state index contributed by atoms with van der Waals surface area (Å²) in [5, 5.41) is 0. The van der Waals surface area contributed by atoms with Crippen molar-refractivity contribution < 1.29 is 4.79 Å². The van der Waals surface area contributed by atoms with Crippen molar-refractivity contribution in [2.45, 2.75) is 84.0 Å². The van der Waals surface area contributed by atoms with E-state index in [-0.39, 0.29) is 0 Å². The summed E-state index contributed by atoms with van der Waals surface area (Å²) in [7, 11) is 0. The van der Waals surface area contributed by atoms with E-state index in [0.29, 0.717) is 11.7 Å². The minimum Gasteiger partial charge on any atom is -0.299 e. The maximum absolute atomic E-state index is 12.6. The molecular weight excluding hydrogens is 244 g/mol. The minimum absolute atomic E-state index is 0.437. The lowest BCUT2D eigenvalue weighted by Gasteiger charge is -2.29. The molecule has 1 nitrogen and oxygen atoms in total. The molecule has 0 radical (unpaired) electrons. The van der Waals surface area contributed by atoms with Crippen molar-refractivity contribution in [1.29, 1.82) is 0 Å². The van der Waals surface area contributed by atoms with Crippen LogP contribution in [0, 0.1) is 29.6 Å². The molecule has 0 saturated heterocycles. The van der Waals surface area contributed by atoms with E-state index in [1.807, 2.05) is 0 Å². The zero-order valence-electron chi connectivity index (χ0n) is 13.3. The summed E-state index contributed by atoms with van der Waals surface area (Å²) in [5.74, 6) is 4.69. The van der Waals surface area contributed by atoms with Crippen LogP contribution in [0.2, 0.25) is 0 Å². The summed E-state index contributed by atoms with van der Waals surface area (Å²) in [5.41, 5.74) is 0. The van der Waals surface area contributed by atoms with Gasteiger partial charge in [-0.05, 0) is 68.6 Å². The maximum atomic E-state index is 12.6. The zero-order chi connectivity index (χ0) is 13.9. The summed E-state index contributed by atoms with van der Waals surface area (Å²) in [6, 6.07) is 0. The molecule has 3 rings (SSSR count). The van der Waals surface area contributed by atoms with Crippen molar-refractivity contribution in [2.75, 3.05) is 0 Å². The third-order valence-corrected chi connectivity index (χ3v) is 6.62. The first-order valence-electron chi connectivity index (χ1n) is 9.29. The molecule has 0 N–H and O–H groups in total. The Hall–Kier alpha value is -0.330. The zero-order valence-corrected chi connectivity index (χ0v) is 13.3. The highest BCUT2D eigenvalue weighted by molar-refractivity contribution is 5.81. The molecule has 3 atom stereocenters. The normalized spacial score (nSPS) is 40.1. The van der Waals surface area contributed by atoms with E-state index in [0.717, 1.165) is 30.1 Å². The molecule has 0 aromatic rings. The van der Waals surface area contributed by atoms with E-state index < -0.39 is 0 Å². The Morgan fingerprint density at radius 1 is 1.00 bits per heavy atom. The van der Waals surface area contributed by atoms with Crippen molar-refractivity contribution in [1.82, 2.24) is 0 Å². The Kier molecular flexibility index (Phi) is 4.83. The largest absolute Gasteiger partial charge is 0.299 e. The number of hydrogen-bond donors (Lipinski definition) is 0. The summed E-state index contributed by atoms with van der Waals surface area (Å²) >= 11 is 0. The molecule has 2 bridgehead atoms. The van der Waals surface area contributed by atoms with Crippen LogP contribution in [0.4, 0.5) is 0 Å². The number of ketones is 1. The van der Waals surface area contributed by atoms with Gasteiger partial charge in [-0.3, -0.25) is 4.79 Å². The quantitative estimate of drug-likeness (QED) is 0.636. The fourth-order valence-electron chi connectivity index (χ4n) is 5.32. The van der Waals surface area contributed by atoms with E-state index in [1.54, 1.807) is 0 Å². The minimum atomic E-state index is 0.437. The fraction of sp³-hybridized carbons (Fsp3) is 0.947. The second kappa shape index (κ2) is 6.62. The van der Waals surface area contributed by atoms with Gasteiger partial charge in [0.25, 0.3) is 0 Å². The number of carbonyl (C=O) groups is 1. The Morgan fingerprint density at radius 2 is 1.80 bits per heavy atom. The van der Waals surface area contributed by atoms with Gasteiger partial charge in [-0.1, -0.05) is 32.6 Å². The van der Waals surface area contributed by atoms with Crippen LogP contribution in [0.3, 0.4) is 0 Å². The van der Waals surface area contributed by atoms with Crippen LogP contribution in [-0.4, -0.2) is 5.78 Å². The molecule has 0 amide bonds. The molecule has 3 unspecified atom stereocenters. The molecule has 3 aliphatic rings. The lowest BCUT2D eigenvalue weighted by Crippen LogP contribution is -2.25. The van der Waals surface area contributed by atoms with Crippen LogP contribution in [0.1, 0.15) is 84.0 Å². The SMILES string of the molecule is CCCCC1CCC(C(=O)CC2CC3CCC2C3)CC1. The first-order valence-corrected chi connectivity index (χ1v) is 9.29. The number of unbranched alkanes of at least 4 members (excludes halogenated alkanes) is 1. The van der Waals surface area contributed by atoms with Gasteiger partial charge in [-0.2, -0.15) is 0 Å². The maximum Gasteiger partial charge on any atom is 0.136 e. The second-order valence-corrected chi connectivity index (χ2v) is 7.97. The molecule has 114 valence electrons. The third-order valence-electron chi connectivity index (χ3n) is 6.62. The van der Waals surface area contributed by atoms with Gasteiger partial charge < -0.3 is 0 Å². The van der Waals surface area contributed by atoms with Crippen LogP contribution in [-0.2, 0) is 4.79 Å². The highest BCUT2D eigenvalue weighted by Gasteiger charge is 2.41. The first kappa shape index (κ1) is 14.6. The van der Waals surface area contributed by atoms with Crippen LogP contribution in [0.15, 0.2) is 0 Å². The smallest absolute Gasteiger partial charge is 0.136 e. The van der Waals surface area contributed by atoms with Gasteiger partial charge in [0.15, 0.2) is 0 Å². The van der Waals surface area contributed by atoms with Gasteiger partial charge in [-0.15, -0.1) is 0 Å². The second-order valence-electron chi connectivity index (χ2n) is 7.97. The highest BCUT2D eigenvalue weighted by atomic mass is 16.1. The highest BCUT2D eigenvalue weighted by Crippen LogP contribution is 2.50. The van der Waals surface area contributed by atoms with Gasteiger partial charge in [-0.25, -0.2) is 0 Å². The predicted octanol–water partition coefficient (Wildman–Crippen LogP) is 5.38. The number of hydrogen-bond acceptors (Lipinski definition) is 1. The molecule has 3 fully saturated rings. The molecule has 0 heterocycles. The van der Waals surface area contributed by atoms with E-state index in [1.165, 1.54) is 70.6 Å². The monoisotopic (exact) mass is 276 g/mol. The third kappa shape index (κ3) is 3.28. The first-order chi connectivity index (χ1) is 9.76. The Labute approximate surface area is 124 Å². The van der Waals surface area contributed by atoms with Crippen LogP contribution < -0.4 is 0 Å². The van der Waals surface area contributed by atoms with Crippen molar-refractivity contribution in [3.63, 3.8) is 0 Å². The van der Waals surface area contributed by atoms with Gasteiger partial charge in [0.1, 0.15) is 5.78 Å². The van der Waals surface area contributed by atoms with Crippen molar-refractivity contribution in [3.05, 3.63) is 0 Å². The van der Waals surface area contributed by atoms with E-state index in [9.17, 15) is 4.79 Å². The average Bonchev–Trinajstić information content (AvgIpc) is 3.08. The van der Waals surface area contributed by atoms with Crippen molar-refractivity contribution in [3.8, 4) is 0 Å². The summed E-state index contributed by atoms with van der Waals surface area (Å²) in [6.45, 7) is 2.28. The van der Waals surface area contributed by atoms with Gasteiger partial charge in [0.2, 0.25) is 0 Å². The summed E-state index contributed by atoms with van der Waals surface area (Å²) in [4.78, 5) is 12.6. The number of Topliss-reactive ketones (excluding diaryl/α,β-unsaturated/α-hetero) is 1. The van der Waals surface area contributed by atoms with Crippen LogP contribution >= 0.6 is 0 Å². The predicted molar refractivity (Wildman–Crippen MR) is 83.5 cm³/mol. The lowest BCUT2D eigenvalue weighted by molar-refractivity contribution is -0.125. The Bertz CT molecular complexity index is 327. The fourth-order valence-corrected chi connectivity index (χ4v) is 5.32. The Balaban J connectivity index is 1.40. The van der Waals surface area contributed by atoms with Gasteiger partial charge >= 0.3 is 0 Å². The van der Waals surface area contributed by atoms with E-state index in [4.69, 9.17) is 0 Å². The summed E-state index contributed by atoms with van der Waals surface area (Å²) in [6.07, 6.45) is 15.8. The van der Waals surface area contributed by atoms with E-state index >= 15 is 0 Å². The summed E-state index contributed by atoms with van der Waals surface area (Å²) < 4.78 is 0.